The molecule has 176 valence electrons. The van der Waals surface area contributed by atoms with Crippen molar-refractivity contribution in [2.24, 2.45) is 5.92 Å². The number of anilines is 1. The second-order valence-corrected chi connectivity index (χ2v) is 8.22. The van der Waals surface area contributed by atoms with Crippen LogP contribution < -0.4 is 5.32 Å². The van der Waals surface area contributed by atoms with E-state index in [0.717, 1.165) is 11.1 Å². The summed E-state index contributed by atoms with van der Waals surface area (Å²) in [5.41, 5.74) is 2.18. The molecular weight excluding hydrogens is 435 g/mol. The maximum absolute atomic E-state index is 13.5. The van der Waals surface area contributed by atoms with Gasteiger partial charge in [-0.15, -0.1) is 0 Å². The van der Waals surface area contributed by atoms with Crippen LogP contribution in [0.4, 0.5) is 18.9 Å². The molecule has 0 bridgehead atoms. The standard InChI is InChI=1S/C24H26F3N3O3/c1-16(19-9-6-10-21(11-19)28-17(2)31)30(13-18-7-4-3-5-8-18)23(33)20-12-22(32)29(14-20)15-24(25,26)27/h3-11,16,20H,12-15H2,1-2H3,(H,28,31). The number of nitrogens with zero attached hydrogens (tertiary/aromatic N) is 2. The van der Waals surface area contributed by atoms with Crippen molar-refractivity contribution >= 4 is 23.4 Å². The molecule has 1 aliphatic heterocycles. The topological polar surface area (TPSA) is 69.7 Å². The molecule has 1 aliphatic rings. The molecule has 9 heteroatoms. The minimum absolute atomic E-state index is 0.230. The first-order valence-electron chi connectivity index (χ1n) is 10.6. The summed E-state index contributed by atoms with van der Waals surface area (Å²) < 4.78 is 38.4. The summed E-state index contributed by atoms with van der Waals surface area (Å²) in [4.78, 5) is 39.3. The van der Waals surface area contributed by atoms with Gasteiger partial charge in [-0.1, -0.05) is 42.5 Å². The van der Waals surface area contributed by atoms with E-state index in [9.17, 15) is 27.6 Å². The highest BCUT2D eigenvalue weighted by Gasteiger charge is 2.42. The van der Waals surface area contributed by atoms with Crippen molar-refractivity contribution in [2.75, 3.05) is 18.4 Å². The quantitative estimate of drug-likeness (QED) is 0.674. The first-order valence-corrected chi connectivity index (χ1v) is 10.6. The van der Waals surface area contributed by atoms with Crippen LogP contribution in [0.5, 0.6) is 0 Å². The molecule has 1 fully saturated rings. The van der Waals surface area contributed by atoms with E-state index in [0.29, 0.717) is 10.6 Å². The van der Waals surface area contributed by atoms with E-state index in [1.165, 1.54) is 6.92 Å². The van der Waals surface area contributed by atoms with Crippen LogP contribution in [-0.2, 0) is 20.9 Å². The van der Waals surface area contributed by atoms with Gasteiger partial charge in [0.05, 0.1) is 12.0 Å². The van der Waals surface area contributed by atoms with Gasteiger partial charge in [0.15, 0.2) is 0 Å². The maximum Gasteiger partial charge on any atom is 0.406 e. The van der Waals surface area contributed by atoms with Gasteiger partial charge in [0.1, 0.15) is 6.54 Å². The molecule has 0 radical (unpaired) electrons. The zero-order valence-corrected chi connectivity index (χ0v) is 18.4. The van der Waals surface area contributed by atoms with E-state index < -0.39 is 30.6 Å². The highest BCUT2D eigenvalue weighted by atomic mass is 19.4. The Kier molecular flexibility index (Phi) is 7.40. The summed E-state index contributed by atoms with van der Waals surface area (Å²) in [7, 11) is 0. The Hall–Kier alpha value is -3.36. The van der Waals surface area contributed by atoms with E-state index in [1.807, 2.05) is 43.3 Å². The molecule has 0 aromatic heterocycles. The van der Waals surface area contributed by atoms with Crippen LogP contribution in [0.1, 0.15) is 37.4 Å². The van der Waals surface area contributed by atoms with E-state index in [4.69, 9.17) is 0 Å². The van der Waals surface area contributed by atoms with Crippen molar-refractivity contribution in [3.8, 4) is 0 Å². The van der Waals surface area contributed by atoms with Crippen molar-refractivity contribution in [3.63, 3.8) is 0 Å². The lowest BCUT2D eigenvalue weighted by atomic mass is 10.0. The molecule has 3 rings (SSSR count). The number of nitrogens with one attached hydrogen (secondary N) is 1. The van der Waals surface area contributed by atoms with Crippen LogP contribution in [-0.4, -0.2) is 46.8 Å². The average molecular weight is 461 g/mol. The number of alkyl halides is 3. The molecule has 6 nitrogen and oxygen atoms in total. The summed E-state index contributed by atoms with van der Waals surface area (Å²) in [6.45, 7) is 1.82. The summed E-state index contributed by atoms with van der Waals surface area (Å²) >= 11 is 0. The fourth-order valence-electron chi connectivity index (χ4n) is 3.99. The lowest BCUT2D eigenvalue weighted by molar-refractivity contribution is -0.157. The second-order valence-electron chi connectivity index (χ2n) is 8.22. The molecule has 1 saturated heterocycles. The van der Waals surface area contributed by atoms with Gasteiger partial charge in [-0.3, -0.25) is 14.4 Å². The van der Waals surface area contributed by atoms with E-state index in [2.05, 4.69) is 5.32 Å². The Labute approximate surface area is 190 Å². The van der Waals surface area contributed by atoms with Gasteiger partial charge in [0.2, 0.25) is 17.7 Å². The van der Waals surface area contributed by atoms with Crippen LogP contribution in [0.25, 0.3) is 0 Å². The Balaban J connectivity index is 1.86. The smallest absolute Gasteiger partial charge is 0.333 e. The molecule has 3 amide bonds. The molecule has 0 aliphatic carbocycles. The molecule has 2 atom stereocenters. The van der Waals surface area contributed by atoms with Gasteiger partial charge in [-0.2, -0.15) is 13.2 Å². The SMILES string of the molecule is CC(=O)Nc1cccc(C(C)N(Cc2ccccc2)C(=O)C2CC(=O)N(CC(F)(F)F)C2)c1. The molecule has 33 heavy (non-hydrogen) atoms. The largest absolute Gasteiger partial charge is 0.406 e. The van der Waals surface area contributed by atoms with Gasteiger partial charge in [-0.25, -0.2) is 0 Å². The normalized spacial score (nSPS) is 17.1. The number of hydrogen-bond donors (Lipinski definition) is 1. The molecule has 2 unspecified atom stereocenters. The van der Waals surface area contributed by atoms with E-state index in [-0.39, 0.29) is 31.3 Å². The monoisotopic (exact) mass is 461 g/mol. The lowest BCUT2D eigenvalue weighted by Gasteiger charge is -2.32. The highest BCUT2D eigenvalue weighted by Crippen LogP contribution is 2.30. The second kappa shape index (κ2) is 10.1. The summed E-state index contributed by atoms with van der Waals surface area (Å²) in [6, 6.07) is 15.8. The first-order chi connectivity index (χ1) is 15.5. The molecule has 1 heterocycles. The molecule has 2 aromatic carbocycles. The van der Waals surface area contributed by atoms with Gasteiger partial charge >= 0.3 is 6.18 Å². The summed E-state index contributed by atoms with van der Waals surface area (Å²) in [5.74, 6) is -2.14. The van der Waals surface area contributed by atoms with Crippen LogP contribution >= 0.6 is 0 Å². The van der Waals surface area contributed by atoms with Crippen LogP contribution in [0.2, 0.25) is 0 Å². The Morgan fingerprint density at radius 2 is 1.85 bits per heavy atom. The van der Waals surface area contributed by atoms with Gasteiger partial charge in [-0.05, 0) is 30.2 Å². The van der Waals surface area contributed by atoms with Gasteiger partial charge < -0.3 is 15.1 Å². The number of carbonyl (C=O) groups excluding carboxylic acids is 3. The fraction of sp³-hybridized carbons (Fsp3) is 0.375. The maximum atomic E-state index is 13.5. The molecule has 0 saturated carbocycles. The third kappa shape index (κ3) is 6.57. The third-order valence-electron chi connectivity index (χ3n) is 5.57. The Morgan fingerprint density at radius 3 is 2.48 bits per heavy atom. The number of carbonyl (C=O) groups is 3. The van der Waals surface area contributed by atoms with Crippen LogP contribution in [0.15, 0.2) is 54.6 Å². The van der Waals surface area contributed by atoms with Crippen LogP contribution in [0.3, 0.4) is 0 Å². The zero-order chi connectivity index (χ0) is 24.2. The number of amides is 3. The van der Waals surface area contributed by atoms with Crippen molar-refractivity contribution in [1.82, 2.24) is 9.80 Å². The molecule has 1 N–H and O–H groups in total. The minimum Gasteiger partial charge on any atom is -0.333 e. The van der Waals surface area contributed by atoms with Crippen molar-refractivity contribution in [3.05, 3.63) is 65.7 Å². The van der Waals surface area contributed by atoms with Gasteiger partial charge in [0, 0.05) is 32.1 Å². The summed E-state index contributed by atoms with van der Waals surface area (Å²) in [5, 5.41) is 2.71. The van der Waals surface area contributed by atoms with Crippen molar-refractivity contribution in [2.45, 2.75) is 39.0 Å². The number of hydrogen-bond acceptors (Lipinski definition) is 3. The van der Waals surface area contributed by atoms with Gasteiger partial charge in [0.25, 0.3) is 0 Å². The minimum atomic E-state index is -4.52. The van der Waals surface area contributed by atoms with E-state index in [1.54, 1.807) is 23.1 Å². The average Bonchev–Trinajstić information content (AvgIpc) is 3.10. The first kappa shape index (κ1) is 24.3. The lowest BCUT2D eigenvalue weighted by Crippen LogP contribution is -2.40. The summed E-state index contributed by atoms with van der Waals surface area (Å²) in [6.07, 6.45) is -4.77. The van der Waals surface area contributed by atoms with Crippen molar-refractivity contribution < 1.29 is 27.6 Å². The Bertz CT molecular complexity index is 1010. The Morgan fingerprint density at radius 1 is 1.15 bits per heavy atom. The zero-order valence-electron chi connectivity index (χ0n) is 18.4. The molecule has 2 aromatic rings. The van der Waals surface area contributed by atoms with Crippen LogP contribution in [0, 0.1) is 5.92 Å². The number of halogens is 3. The van der Waals surface area contributed by atoms with E-state index >= 15 is 0 Å². The number of likely N-dealkylation sites (tertiary alicyclic amines) is 1. The molecular formula is C24H26F3N3O3. The predicted molar refractivity (Wildman–Crippen MR) is 117 cm³/mol. The number of rotatable bonds is 7. The fourth-order valence-corrected chi connectivity index (χ4v) is 3.99. The highest BCUT2D eigenvalue weighted by molar-refractivity contribution is 5.90. The van der Waals surface area contributed by atoms with Crippen molar-refractivity contribution in [1.29, 1.82) is 0 Å². The third-order valence-corrected chi connectivity index (χ3v) is 5.57. The molecule has 0 spiro atoms. The predicted octanol–water partition coefficient (Wildman–Crippen LogP) is 4.15. The number of benzene rings is 2.